The van der Waals surface area contributed by atoms with Crippen LogP contribution in [0.25, 0.3) is 0 Å². The lowest BCUT2D eigenvalue weighted by atomic mass is 10.2. The van der Waals surface area contributed by atoms with Gasteiger partial charge in [-0.25, -0.2) is 4.79 Å². The van der Waals surface area contributed by atoms with Gasteiger partial charge in [-0.2, -0.15) is 5.48 Å². The SMILES string of the molecule is NCCONC(=O)OCc1ccccc1. The second kappa shape index (κ2) is 6.80. The Kier molecular flexibility index (Phi) is 5.21. The molecule has 15 heavy (non-hydrogen) atoms. The van der Waals surface area contributed by atoms with Gasteiger partial charge in [0, 0.05) is 6.54 Å². The first-order valence-corrected chi connectivity index (χ1v) is 4.61. The summed E-state index contributed by atoms with van der Waals surface area (Å²) in [5, 5.41) is 0. The van der Waals surface area contributed by atoms with E-state index in [1.807, 2.05) is 30.3 Å². The Morgan fingerprint density at radius 1 is 1.33 bits per heavy atom. The molecule has 0 bridgehead atoms. The Morgan fingerprint density at radius 2 is 2.07 bits per heavy atom. The zero-order valence-electron chi connectivity index (χ0n) is 8.31. The van der Waals surface area contributed by atoms with Crippen LogP contribution in [0.2, 0.25) is 0 Å². The highest BCUT2D eigenvalue weighted by Gasteiger charge is 2.01. The second-order valence-corrected chi connectivity index (χ2v) is 2.80. The van der Waals surface area contributed by atoms with Crippen LogP contribution in [0.15, 0.2) is 30.3 Å². The number of amides is 1. The van der Waals surface area contributed by atoms with Crippen LogP contribution in [0.5, 0.6) is 0 Å². The largest absolute Gasteiger partial charge is 0.443 e. The van der Waals surface area contributed by atoms with E-state index in [1.54, 1.807) is 0 Å². The molecule has 5 heteroatoms. The van der Waals surface area contributed by atoms with Crippen LogP contribution in [0.4, 0.5) is 4.79 Å². The maximum absolute atomic E-state index is 11.0. The average molecular weight is 210 g/mol. The molecule has 0 aliphatic heterocycles. The number of hydrogen-bond acceptors (Lipinski definition) is 4. The van der Waals surface area contributed by atoms with Crippen molar-refractivity contribution < 1.29 is 14.4 Å². The van der Waals surface area contributed by atoms with Gasteiger partial charge in [-0.1, -0.05) is 30.3 Å². The lowest BCUT2D eigenvalue weighted by Gasteiger charge is -2.06. The van der Waals surface area contributed by atoms with Crippen molar-refractivity contribution in [2.24, 2.45) is 5.73 Å². The molecular formula is C10H14N2O3. The van der Waals surface area contributed by atoms with Crippen LogP contribution in [0.1, 0.15) is 5.56 Å². The fourth-order valence-electron chi connectivity index (χ4n) is 0.921. The van der Waals surface area contributed by atoms with E-state index in [2.05, 4.69) is 10.3 Å². The van der Waals surface area contributed by atoms with E-state index in [0.29, 0.717) is 6.54 Å². The van der Waals surface area contributed by atoms with E-state index in [1.165, 1.54) is 0 Å². The number of nitrogens with one attached hydrogen (secondary N) is 1. The van der Waals surface area contributed by atoms with E-state index in [9.17, 15) is 4.79 Å². The fourth-order valence-corrected chi connectivity index (χ4v) is 0.921. The Morgan fingerprint density at radius 3 is 2.73 bits per heavy atom. The van der Waals surface area contributed by atoms with E-state index in [-0.39, 0.29) is 13.2 Å². The summed E-state index contributed by atoms with van der Waals surface area (Å²) in [5.41, 5.74) is 8.20. The third kappa shape index (κ3) is 4.99. The lowest BCUT2D eigenvalue weighted by molar-refractivity contribution is 0.0291. The van der Waals surface area contributed by atoms with Crippen molar-refractivity contribution in [3.8, 4) is 0 Å². The predicted octanol–water partition coefficient (Wildman–Crippen LogP) is 0.803. The monoisotopic (exact) mass is 210 g/mol. The normalized spacial score (nSPS) is 9.67. The molecule has 1 amide bonds. The minimum Gasteiger partial charge on any atom is -0.443 e. The van der Waals surface area contributed by atoms with E-state index in [4.69, 9.17) is 10.5 Å². The van der Waals surface area contributed by atoms with Crippen molar-refractivity contribution in [1.29, 1.82) is 0 Å². The Hall–Kier alpha value is -1.59. The van der Waals surface area contributed by atoms with E-state index >= 15 is 0 Å². The zero-order chi connectivity index (χ0) is 10.9. The first kappa shape index (κ1) is 11.5. The lowest BCUT2D eigenvalue weighted by Crippen LogP contribution is -2.27. The summed E-state index contributed by atoms with van der Waals surface area (Å²) in [6.07, 6.45) is -0.618. The molecule has 0 atom stereocenters. The minimum atomic E-state index is -0.618. The number of carbonyl (C=O) groups is 1. The number of ether oxygens (including phenoxy) is 1. The number of nitrogens with two attached hydrogens (primary N) is 1. The van der Waals surface area contributed by atoms with Crippen molar-refractivity contribution in [2.45, 2.75) is 6.61 Å². The number of benzene rings is 1. The standard InChI is InChI=1S/C10H14N2O3/c11-6-7-15-12-10(13)14-8-9-4-2-1-3-5-9/h1-5H,6-8,11H2,(H,12,13). The van der Waals surface area contributed by atoms with E-state index in [0.717, 1.165) is 5.56 Å². The summed E-state index contributed by atoms with van der Waals surface area (Å²) < 4.78 is 4.86. The van der Waals surface area contributed by atoms with Gasteiger partial charge in [-0.15, -0.1) is 0 Å². The van der Waals surface area contributed by atoms with Gasteiger partial charge in [0.25, 0.3) is 0 Å². The van der Waals surface area contributed by atoms with Gasteiger partial charge in [0.05, 0.1) is 6.61 Å². The van der Waals surface area contributed by atoms with Crippen molar-refractivity contribution in [2.75, 3.05) is 13.2 Å². The molecule has 0 saturated carbocycles. The molecule has 0 unspecified atom stereocenters. The van der Waals surface area contributed by atoms with Crippen molar-refractivity contribution in [1.82, 2.24) is 5.48 Å². The molecule has 0 aliphatic carbocycles. The van der Waals surface area contributed by atoms with Crippen LogP contribution in [0.3, 0.4) is 0 Å². The molecule has 0 saturated heterocycles. The van der Waals surface area contributed by atoms with Crippen molar-refractivity contribution >= 4 is 6.09 Å². The first-order chi connectivity index (χ1) is 7.33. The quantitative estimate of drug-likeness (QED) is 0.557. The molecule has 0 fully saturated rings. The summed E-state index contributed by atoms with van der Waals surface area (Å²) >= 11 is 0. The van der Waals surface area contributed by atoms with Crippen LogP contribution in [-0.4, -0.2) is 19.2 Å². The molecule has 1 rings (SSSR count). The van der Waals surface area contributed by atoms with Crippen molar-refractivity contribution in [3.63, 3.8) is 0 Å². The highest BCUT2D eigenvalue weighted by atomic mass is 16.7. The molecule has 0 heterocycles. The average Bonchev–Trinajstić information content (AvgIpc) is 2.28. The Balaban J connectivity index is 2.17. The molecule has 3 N–H and O–H groups in total. The second-order valence-electron chi connectivity index (χ2n) is 2.80. The maximum Gasteiger partial charge on any atom is 0.431 e. The molecule has 82 valence electrons. The minimum absolute atomic E-state index is 0.221. The third-order valence-electron chi connectivity index (χ3n) is 1.59. The highest BCUT2D eigenvalue weighted by Crippen LogP contribution is 2.00. The zero-order valence-corrected chi connectivity index (χ0v) is 8.31. The first-order valence-electron chi connectivity index (χ1n) is 4.61. The van der Waals surface area contributed by atoms with Gasteiger partial charge in [0.15, 0.2) is 0 Å². The Bertz CT molecular complexity index is 290. The van der Waals surface area contributed by atoms with E-state index < -0.39 is 6.09 Å². The van der Waals surface area contributed by atoms with Crippen LogP contribution >= 0.6 is 0 Å². The molecular weight excluding hydrogens is 196 g/mol. The number of hydrogen-bond donors (Lipinski definition) is 2. The van der Waals surface area contributed by atoms with Crippen LogP contribution in [-0.2, 0) is 16.2 Å². The van der Waals surface area contributed by atoms with Gasteiger partial charge in [0.1, 0.15) is 6.61 Å². The summed E-state index contributed by atoms with van der Waals surface area (Å²) in [7, 11) is 0. The van der Waals surface area contributed by atoms with Gasteiger partial charge < -0.3 is 10.5 Å². The molecule has 5 nitrogen and oxygen atoms in total. The summed E-state index contributed by atoms with van der Waals surface area (Å²) in [6.45, 7) is 0.831. The summed E-state index contributed by atoms with van der Waals surface area (Å²) in [5.74, 6) is 0. The fraction of sp³-hybridized carbons (Fsp3) is 0.300. The number of rotatable bonds is 5. The molecule has 0 spiro atoms. The van der Waals surface area contributed by atoms with Crippen molar-refractivity contribution in [3.05, 3.63) is 35.9 Å². The summed E-state index contributed by atoms with van der Waals surface area (Å²) in [4.78, 5) is 15.7. The van der Waals surface area contributed by atoms with Crippen LogP contribution in [0, 0.1) is 0 Å². The Labute approximate surface area is 88.1 Å². The predicted molar refractivity (Wildman–Crippen MR) is 54.8 cm³/mol. The molecule has 0 aromatic heterocycles. The highest BCUT2D eigenvalue weighted by molar-refractivity contribution is 5.65. The molecule has 1 aromatic carbocycles. The molecule has 0 radical (unpaired) electrons. The van der Waals surface area contributed by atoms with Gasteiger partial charge >= 0.3 is 6.09 Å². The van der Waals surface area contributed by atoms with Gasteiger partial charge in [0.2, 0.25) is 0 Å². The van der Waals surface area contributed by atoms with Gasteiger partial charge in [-0.05, 0) is 5.56 Å². The smallest absolute Gasteiger partial charge is 0.431 e. The number of hydroxylamine groups is 1. The molecule has 0 aliphatic rings. The maximum atomic E-state index is 11.0. The molecule has 1 aromatic rings. The summed E-state index contributed by atoms with van der Waals surface area (Å²) in [6, 6.07) is 9.39. The number of carbonyl (C=O) groups excluding carboxylic acids is 1. The topological polar surface area (TPSA) is 73.6 Å². The third-order valence-corrected chi connectivity index (χ3v) is 1.59. The van der Waals surface area contributed by atoms with Gasteiger partial charge in [-0.3, -0.25) is 4.84 Å². The van der Waals surface area contributed by atoms with Crippen LogP contribution < -0.4 is 11.2 Å².